The highest BCUT2D eigenvalue weighted by atomic mass is 28.4. The van der Waals surface area contributed by atoms with Gasteiger partial charge in [-0.3, -0.25) is 0 Å². The third-order valence-electron chi connectivity index (χ3n) is 3.87. The number of hydrogen-bond acceptors (Lipinski definition) is 2. The van der Waals surface area contributed by atoms with Gasteiger partial charge < -0.3 is 9.53 Å². The minimum atomic E-state index is -1.72. The predicted octanol–water partition coefficient (Wildman–Crippen LogP) is 3.27. The first-order valence-electron chi connectivity index (χ1n) is 6.31. The van der Waals surface area contributed by atoms with Crippen molar-refractivity contribution < 1.29 is 9.53 Å². The molecule has 0 aromatic carbocycles. The summed E-state index contributed by atoms with van der Waals surface area (Å²) < 4.78 is 6.08. The second-order valence-electron chi connectivity index (χ2n) is 6.49. The van der Waals surface area contributed by atoms with Gasteiger partial charge in [0, 0.05) is 18.4 Å². The van der Waals surface area contributed by atoms with Crippen LogP contribution in [0.2, 0.25) is 18.1 Å². The molecule has 0 rings (SSSR count). The number of aliphatic hydroxyl groups is 1. The van der Waals surface area contributed by atoms with Crippen LogP contribution in [0.15, 0.2) is 0 Å². The summed E-state index contributed by atoms with van der Waals surface area (Å²) in [7, 11) is -1.72. The van der Waals surface area contributed by atoms with Gasteiger partial charge in [0.2, 0.25) is 0 Å². The van der Waals surface area contributed by atoms with Crippen LogP contribution >= 0.6 is 0 Å². The molecular formula is C14H28O2Si. The SMILES string of the molecule is C#C[C@H](C)[C@H](O)[C@H](C)CO[Si](C)(C)C(C)(C)C. The third kappa shape index (κ3) is 4.83. The highest BCUT2D eigenvalue weighted by Crippen LogP contribution is 2.36. The van der Waals surface area contributed by atoms with Crippen molar-refractivity contribution in [3.05, 3.63) is 0 Å². The molecule has 0 aromatic rings. The van der Waals surface area contributed by atoms with E-state index in [9.17, 15) is 5.11 Å². The second kappa shape index (κ2) is 6.04. The molecule has 0 spiro atoms. The fourth-order valence-electron chi connectivity index (χ4n) is 1.25. The maximum absolute atomic E-state index is 9.98. The maximum atomic E-state index is 9.98. The molecule has 3 atom stereocenters. The van der Waals surface area contributed by atoms with Crippen molar-refractivity contribution in [2.45, 2.75) is 58.9 Å². The van der Waals surface area contributed by atoms with E-state index in [2.05, 4.69) is 39.8 Å². The Labute approximate surface area is 108 Å². The van der Waals surface area contributed by atoms with Crippen molar-refractivity contribution in [3.8, 4) is 12.3 Å². The molecule has 3 heteroatoms. The van der Waals surface area contributed by atoms with Crippen LogP contribution in [0.1, 0.15) is 34.6 Å². The Hall–Kier alpha value is -0.303. The molecular weight excluding hydrogens is 228 g/mol. The molecule has 0 amide bonds. The van der Waals surface area contributed by atoms with E-state index < -0.39 is 14.4 Å². The Kier molecular flexibility index (Phi) is 5.93. The maximum Gasteiger partial charge on any atom is 0.191 e. The Morgan fingerprint density at radius 2 is 1.76 bits per heavy atom. The largest absolute Gasteiger partial charge is 0.416 e. The molecule has 0 fully saturated rings. The van der Waals surface area contributed by atoms with Gasteiger partial charge in [-0.2, -0.15) is 0 Å². The minimum Gasteiger partial charge on any atom is -0.416 e. The summed E-state index contributed by atoms with van der Waals surface area (Å²) in [5, 5.41) is 10.2. The number of terminal acetylenes is 1. The van der Waals surface area contributed by atoms with Gasteiger partial charge in [-0.05, 0) is 25.1 Å². The molecule has 0 aliphatic rings. The average molecular weight is 256 g/mol. The molecule has 17 heavy (non-hydrogen) atoms. The lowest BCUT2D eigenvalue weighted by molar-refractivity contribution is 0.0567. The zero-order chi connectivity index (χ0) is 13.9. The van der Waals surface area contributed by atoms with Gasteiger partial charge in [0.05, 0.1) is 6.10 Å². The highest BCUT2D eigenvalue weighted by molar-refractivity contribution is 6.74. The molecule has 1 N–H and O–H groups in total. The molecule has 0 radical (unpaired) electrons. The second-order valence-corrected chi connectivity index (χ2v) is 11.3. The van der Waals surface area contributed by atoms with Gasteiger partial charge in [-0.25, -0.2) is 0 Å². The van der Waals surface area contributed by atoms with Gasteiger partial charge in [-0.1, -0.05) is 27.7 Å². The van der Waals surface area contributed by atoms with Crippen LogP contribution in [-0.4, -0.2) is 26.1 Å². The molecule has 0 heterocycles. The summed E-state index contributed by atoms with van der Waals surface area (Å²) in [6.07, 6.45) is 4.84. The number of aliphatic hydroxyl groups excluding tert-OH is 1. The first-order chi connectivity index (χ1) is 7.53. The van der Waals surface area contributed by atoms with Crippen LogP contribution in [-0.2, 0) is 4.43 Å². The fraction of sp³-hybridized carbons (Fsp3) is 0.857. The van der Waals surface area contributed by atoms with E-state index in [0.29, 0.717) is 6.61 Å². The normalized spacial score (nSPS) is 18.3. The third-order valence-corrected chi connectivity index (χ3v) is 8.37. The van der Waals surface area contributed by atoms with Crippen LogP contribution in [0.3, 0.4) is 0 Å². The smallest absolute Gasteiger partial charge is 0.191 e. The summed E-state index contributed by atoms with van der Waals surface area (Å²) in [5.74, 6) is 2.54. The Morgan fingerprint density at radius 1 is 1.29 bits per heavy atom. The van der Waals surface area contributed by atoms with Crippen LogP contribution in [0.25, 0.3) is 0 Å². The van der Waals surface area contributed by atoms with E-state index >= 15 is 0 Å². The Morgan fingerprint density at radius 3 is 2.12 bits per heavy atom. The van der Waals surface area contributed by atoms with E-state index in [1.807, 2.05) is 13.8 Å². The predicted molar refractivity (Wildman–Crippen MR) is 76.3 cm³/mol. The summed E-state index contributed by atoms with van der Waals surface area (Å²) in [6, 6.07) is 0. The van der Waals surface area contributed by atoms with Crippen LogP contribution in [0, 0.1) is 24.2 Å². The lowest BCUT2D eigenvalue weighted by atomic mass is 9.95. The first-order valence-corrected chi connectivity index (χ1v) is 9.22. The highest BCUT2D eigenvalue weighted by Gasteiger charge is 2.37. The van der Waals surface area contributed by atoms with Crippen molar-refractivity contribution in [2.75, 3.05) is 6.61 Å². The molecule has 0 unspecified atom stereocenters. The van der Waals surface area contributed by atoms with Crippen molar-refractivity contribution in [1.82, 2.24) is 0 Å². The quantitative estimate of drug-likeness (QED) is 0.604. The van der Waals surface area contributed by atoms with Crippen molar-refractivity contribution >= 4 is 8.32 Å². The average Bonchev–Trinajstić information content (AvgIpc) is 2.22. The monoisotopic (exact) mass is 256 g/mol. The van der Waals surface area contributed by atoms with E-state index in [1.165, 1.54) is 0 Å². The number of hydrogen-bond donors (Lipinski definition) is 1. The van der Waals surface area contributed by atoms with Crippen LogP contribution in [0.5, 0.6) is 0 Å². The topological polar surface area (TPSA) is 29.5 Å². The lowest BCUT2D eigenvalue weighted by Gasteiger charge is -2.37. The first kappa shape index (κ1) is 16.7. The molecule has 0 saturated heterocycles. The summed E-state index contributed by atoms with van der Waals surface area (Å²) in [5.41, 5.74) is 0. The van der Waals surface area contributed by atoms with E-state index in [0.717, 1.165) is 0 Å². The van der Waals surface area contributed by atoms with Crippen LogP contribution in [0.4, 0.5) is 0 Å². The zero-order valence-electron chi connectivity index (χ0n) is 12.4. The van der Waals surface area contributed by atoms with Gasteiger partial charge >= 0.3 is 0 Å². The molecule has 100 valence electrons. The Balaban J connectivity index is 4.35. The van der Waals surface area contributed by atoms with Crippen molar-refractivity contribution in [3.63, 3.8) is 0 Å². The van der Waals surface area contributed by atoms with Gasteiger partial charge in [0.1, 0.15) is 0 Å². The molecule has 0 aliphatic heterocycles. The lowest BCUT2D eigenvalue weighted by Crippen LogP contribution is -2.43. The van der Waals surface area contributed by atoms with Gasteiger partial charge in [-0.15, -0.1) is 12.3 Å². The molecule has 0 aliphatic carbocycles. The summed E-state index contributed by atoms with van der Waals surface area (Å²) in [4.78, 5) is 0. The van der Waals surface area contributed by atoms with E-state index in [1.54, 1.807) is 0 Å². The van der Waals surface area contributed by atoms with Gasteiger partial charge in [0.25, 0.3) is 0 Å². The molecule has 0 saturated carbocycles. The zero-order valence-corrected chi connectivity index (χ0v) is 13.4. The minimum absolute atomic E-state index is 0.0789. The molecule has 2 nitrogen and oxygen atoms in total. The molecule has 0 aromatic heterocycles. The summed E-state index contributed by atoms with van der Waals surface area (Å²) in [6.45, 7) is 15.5. The van der Waals surface area contributed by atoms with Crippen LogP contribution < -0.4 is 0 Å². The number of rotatable bonds is 5. The fourth-order valence-corrected chi connectivity index (χ4v) is 2.36. The van der Waals surface area contributed by atoms with Crippen molar-refractivity contribution in [1.29, 1.82) is 0 Å². The van der Waals surface area contributed by atoms with Gasteiger partial charge in [0.15, 0.2) is 8.32 Å². The standard InChI is InChI=1S/C14H28O2Si/c1-9-11(2)13(15)12(3)10-16-17(7,8)14(4,5)6/h1,11-13,15H,10H2,2-8H3/t11-,12+,13-/m0/s1. The summed E-state index contributed by atoms with van der Waals surface area (Å²) >= 11 is 0. The van der Waals surface area contributed by atoms with E-state index in [-0.39, 0.29) is 16.9 Å². The Bertz CT molecular complexity index is 273. The van der Waals surface area contributed by atoms with Crippen molar-refractivity contribution in [2.24, 2.45) is 11.8 Å². The molecule has 0 bridgehead atoms. The van der Waals surface area contributed by atoms with E-state index in [4.69, 9.17) is 10.8 Å².